The van der Waals surface area contributed by atoms with Gasteiger partial charge < -0.3 is 15.4 Å². The molecule has 0 aliphatic carbocycles. The largest absolute Gasteiger partial charge is 0.381 e. The fourth-order valence-corrected chi connectivity index (χ4v) is 1.72. The lowest BCUT2D eigenvalue weighted by Gasteiger charge is -2.11. The molecule has 0 heterocycles. The van der Waals surface area contributed by atoms with Crippen LogP contribution in [0.25, 0.3) is 0 Å². The second kappa shape index (κ2) is 10.9. The average Bonchev–Trinajstić information content (AvgIpc) is 2.31. The second-order valence-corrected chi connectivity index (χ2v) is 6.61. The molecule has 0 saturated heterocycles. The van der Waals surface area contributed by atoms with Gasteiger partial charge in [-0.3, -0.25) is 4.99 Å². The van der Waals surface area contributed by atoms with Crippen LogP contribution in [0.2, 0.25) is 0 Å². The van der Waals surface area contributed by atoms with Crippen molar-refractivity contribution >= 4 is 16.0 Å². The quantitative estimate of drug-likeness (QED) is 0.297. The third-order valence-electron chi connectivity index (χ3n) is 2.19. The van der Waals surface area contributed by atoms with Gasteiger partial charge in [-0.1, -0.05) is 13.8 Å². The fraction of sp³-hybridized carbons (Fsp3) is 0.917. The smallest absolute Gasteiger partial charge is 0.210 e. The Kier molecular flexibility index (Phi) is 10.4. The average molecular weight is 308 g/mol. The minimum Gasteiger partial charge on any atom is -0.381 e. The van der Waals surface area contributed by atoms with Gasteiger partial charge in [0.2, 0.25) is 10.0 Å². The standard InChI is InChI=1S/C12H28N4O3S/c1-4-14-12(16-7-9-20(13,17)18)15-6-5-8-19-10-11(2)3/h11H,4-10H2,1-3H3,(H2,13,17,18)(H2,14,15,16). The summed E-state index contributed by atoms with van der Waals surface area (Å²) in [7, 11) is -3.44. The number of rotatable bonds is 10. The molecule has 0 atom stereocenters. The zero-order valence-corrected chi connectivity index (χ0v) is 13.5. The third-order valence-corrected chi connectivity index (χ3v) is 2.96. The first kappa shape index (κ1) is 19.1. The number of primary sulfonamides is 1. The lowest BCUT2D eigenvalue weighted by Crippen LogP contribution is -2.40. The van der Waals surface area contributed by atoms with Gasteiger partial charge in [-0.2, -0.15) is 0 Å². The SMILES string of the molecule is CCNC(=NCCCOCC(C)C)NCCS(N)(=O)=O. The molecule has 0 radical (unpaired) electrons. The van der Waals surface area contributed by atoms with Gasteiger partial charge in [-0.25, -0.2) is 13.6 Å². The number of nitrogens with two attached hydrogens (primary N) is 1. The van der Waals surface area contributed by atoms with Crippen molar-refractivity contribution in [2.45, 2.75) is 27.2 Å². The second-order valence-electron chi connectivity index (χ2n) is 4.88. The Balaban J connectivity index is 3.89. The van der Waals surface area contributed by atoms with Crippen LogP contribution in [0.5, 0.6) is 0 Å². The highest BCUT2D eigenvalue weighted by Gasteiger charge is 2.03. The van der Waals surface area contributed by atoms with Crippen LogP contribution in [0.1, 0.15) is 27.2 Å². The number of hydrogen-bond acceptors (Lipinski definition) is 4. The Morgan fingerprint density at radius 3 is 2.60 bits per heavy atom. The van der Waals surface area contributed by atoms with Gasteiger partial charge in [0.05, 0.1) is 5.75 Å². The van der Waals surface area contributed by atoms with E-state index in [9.17, 15) is 8.42 Å². The number of hydrogen-bond donors (Lipinski definition) is 3. The summed E-state index contributed by atoms with van der Waals surface area (Å²) in [6.07, 6.45) is 0.832. The highest BCUT2D eigenvalue weighted by Crippen LogP contribution is 1.93. The van der Waals surface area contributed by atoms with Gasteiger partial charge in [-0.05, 0) is 19.3 Å². The van der Waals surface area contributed by atoms with E-state index in [-0.39, 0.29) is 12.3 Å². The Morgan fingerprint density at radius 2 is 2.05 bits per heavy atom. The minimum absolute atomic E-state index is 0.116. The zero-order chi connectivity index (χ0) is 15.4. The number of ether oxygens (including phenoxy) is 1. The normalized spacial score (nSPS) is 12.8. The van der Waals surface area contributed by atoms with Gasteiger partial charge in [0, 0.05) is 32.8 Å². The van der Waals surface area contributed by atoms with E-state index >= 15 is 0 Å². The summed E-state index contributed by atoms with van der Waals surface area (Å²) in [5.41, 5.74) is 0. The summed E-state index contributed by atoms with van der Waals surface area (Å²) in [6, 6.07) is 0. The van der Waals surface area contributed by atoms with Crippen molar-refractivity contribution in [3.8, 4) is 0 Å². The van der Waals surface area contributed by atoms with E-state index in [1.165, 1.54) is 0 Å². The predicted molar refractivity (Wildman–Crippen MR) is 82.2 cm³/mol. The molecule has 120 valence electrons. The van der Waals surface area contributed by atoms with Gasteiger partial charge >= 0.3 is 0 Å². The van der Waals surface area contributed by atoms with Crippen molar-refractivity contribution in [1.29, 1.82) is 0 Å². The molecule has 0 amide bonds. The number of nitrogens with zero attached hydrogens (tertiary/aromatic N) is 1. The maximum atomic E-state index is 10.8. The summed E-state index contributed by atoms with van der Waals surface area (Å²) in [6.45, 7) is 9.19. The van der Waals surface area contributed by atoms with Gasteiger partial charge in [0.15, 0.2) is 5.96 Å². The van der Waals surface area contributed by atoms with Crippen molar-refractivity contribution in [1.82, 2.24) is 10.6 Å². The molecule has 0 aromatic heterocycles. The van der Waals surface area contributed by atoms with E-state index in [0.29, 0.717) is 31.6 Å². The molecule has 0 aromatic carbocycles. The van der Waals surface area contributed by atoms with Gasteiger partial charge in [0.1, 0.15) is 0 Å². The highest BCUT2D eigenvalue weighted by atomic mass is 32.2. The molecule has 20 heavy (non-hydrogen) atoms. The van der Waals surface area contributed by atoms with E-state index in [0.717, 1.165) is 13.0 Å². The number of sulfonamides is 1. The highest BCUT2D eigenvalue weighted by molar-refractivity contribution is 7.89. The van der Waals surface area contributed by atoms with Crippen LogP contribution in [0.4, 0.5) is 0 Å². The van der Waals surface area contributed by atoms with Crippen molar-refractivity contribution < 1.29 is 13.2 Å². The summed E-state index contributed by atoms with van der Waals surface area (Å²) in [4.78, 5) is 4.33. The molecule has 0 aliphatic rings. The van der Waals surface area contributed by atoms with Gasteiger partial charge in [-0.15, -0.1) is 0 Å². The van der Waals surface area contributed by atoms with Crippen molar-refractivity contribution in [3.63, 3.8) is 0 Å². The maximum Gasteiger partial charge on any atom is 0.210 e. The molecule has 4 N–H and O–H groups in total. The number of nitrogens with one attached hydrogen (secondary N) is 2. The molecular formula is C12H28N4O3S. The molecule has 0 fully saturated rings. The van der Waals surface area contributed by atoms with Crippen LogP contribution in [0, 0.1) is 5.92 Å². The lowest BCUT2D eigenvalue weighted by molar-refractivity contribution is 0.109. The molecule has 0 spiro atoms. The van der Waals surface area contributed by atoms with E-state index in [1.54, 1.807) is 0 Å². The van der Waals surface area contributed by atoms with E-state index in [1.807, 2.05) is 6.92 Å². The van der Waals surface area contributed by atoms with Crippen molar-refractivity contribution in [2.75, 3.05) is 38.6 Å². The maximum absolute atomic E-state index is 10.8. The predicted octanol–water partition coefficient (Wildman–Crippen LogP) is -0.107. The van der Waals surface area contributed by atoms with Gasteiger partial charge in [0.25, 0.3) is 0 Å². The summed E-state index contributed by atoms with van der Waals surface area (Å²) >= 11 is 0. The Labute approximate surface area is 122 Å². The summed E-state index contributed by atoms with van der Waals surface area (Å²) < 4.78 is 27.1. The zero-order valence-electron chi connectivity index (χ0n) is 12.7. The van der Waals surface area contributed by atoms with Crippen LogP contribution in [0.3, 0.4) is 0 Å². The monoisotopic (exact) mass is 308 g/mol. The molecule has 0 bridgehead atoms. The minimum atomic E-state index is -3.44. The van der Waals surface area contributed by atoms with Crippen LogP contribution in [-0.4, -0.2) is 53.0 Å². The first-order valence-electron chi connectivity index (χ1n) is 6.95. The topological polar surface area (TPSA) is 106 Å². The fourth-order valence-electron chi connectivity index (χ4n) is 1.33. The first-order valence-corrected chi connectivity index (χ1v) is 8.67. The Hall–Kier alpha value is -0.860. The van der Waals surface area contributed by atoms with Crippen LogP contribution in [0.15, 0.2) is 4.99 Å². The van der Waals surface area contributed by atoms with Crippen LogP contribution in [-0.2, 0) is 14.8 Å². The van der Waals surface area contributed by atoms with E-state index < -0.39 is 10.0 Å². The number of aliphatic imine (C=N–C) groups is 1. The first-order chi connectivity index (χ1) is 9.35. The summed E-state index contributed by atoms with van der Waals surface area (Å²) in [5, 5.41) is 10.9. The van der Waals surface area contributed by atoms with Crippen molar-refractivity contribution in [2.24, 2.45) is 16.0 Å². The van der Waals surface area contributed by atoms with Crippen molar-refractivity contribution in [3.05, 3.63) is 0 Å². The molecule has 7 nitrogen and oxygen atoms in total. The molecular weight excluding hydrogens is 280 g/mol. The molecule has 8 heteroatoms. The Morgan fingerprint density at radius 1 is 1.35 bits per heavy atom. The lowest BCUT2D eigenvalue weighted by atomic mass is 10.2. The van der Waals surface area contributed by atoms with Crippen LogP contribution >= 0.6 is 0 Å². The Bertz CT molecular complexity index is 369. The molecule has 0 saturated carbocycles. The molecule has 0 aromatic rings. The molecule has 0 unspecified atom stereocenters. The summed E-state index contributed by atoms with van der Waals surface area (Å²) in [5.74, 6) is 1.02. The third kappa shape index (κ3) is 13.6. The molecule has 0 aliphatic heterocycles. The molecule has 0 rings (SSSR count). The van der Waals surface area contributed by atoms with E-state index in [4.69, 9.17) is 9.88 Å². The van der Waals surface area contributed by atoms with E-state index in [2.05, 4.69) is 29.5 Å². The van der Waals surface area contributed by atoms with Crippen LogP contribution < -0.4 is 15.8 Å². The number of guanidine groups is 1.